The highest BCUT2D eigenvalue weighted by atomic mass is 35.5. The molecule has 1 heterocycles. The number of halogens is 1. The van der Waals surface area contributed by atoms with Crippen molar-refractivity contribution in [1.82, 2.24) is 8.75 Å². The summed E-state index contributed by atoms with van der Waals surface area (Å²) in [4.78, 5) is 0. The van der Waals surface area contributed by atoms with Crippen LogP contribution in [0, 0.1) is 13.8 Å². The van der Waals surface area contributed by atoms with Crippen LogP contribution in [0.2, 0.25) is 5.15 Å². The van der Waals surface area contributed by atoms with Crippen molar-refractivity contribution in [2.75, 3.05) is 5.32 Å². The predicted molar refractivity (Wildman–Crippen MR) is 64.1 cm³/mol. The van der Waals surface area contributed by atoms with Crippen LogP contribution in [-0.2, 0) is 0 Å². The van der Waals surface area contributed by atoms with Gasteiger partial charge < -0.3 is 5.32 Å². The van der Waals surface area contributed by atoms with Crippen molar-refractivity contribution in [3.63, 3.8) is 0 Å². The average molecular weight is 240 g/mol. The highest BCUT2D eigenvalue weighted by Gasteiger charge is 2.06. The van der Waals surface area contributed by atoms with Gasteiger partial charge in [0.1, 0.15) is 0 Å². The number of anilines is 2. The molecule has 2 aromatic rings. The average Bonchev–Trinajstić information content (AvgIpc) is 2.57. The van der Waals surface area contributed by atoms with Crippen molar-refractivity contribution in [3.05, 3.63) is 34.5 Å². The van der Waals surface area contributed by atoms with Crippen LogP contribution in [0.25, 0.3) is 0 Å². The molecule has 1 N–H and O–H groups in total. The summed E-state index contributed by atoms with van der Waals surface area (Å²) in [6, 6.07) is 6.17. The van der Waals surface area contributed by atoms with Crippen molar-refractivity contribution in [1.29, 1.82) is 0 Å². The molecular formula is C10H10ClN3S. The van der Waals surface area contributed by atoms with Crippen molar-refractivity contribution >= 4 is 34.8 Å². The molecule has 0 saturated carbocycles. The summed E-state index contributed by atoms with van der Waals surface area (Å²) in [5.41, 5.74) is 3.41. The van der Waals surface area contributed by atoms with Gasteiger partial charge >= 0.3 is 0 Å². The first-order valence-electron chi connectivity index (χ1n) is 4.49. The molecule has 15 heavy (non-hydrogen) atoms. The minimum Gasteiger partial charge on any atom is -0.337 e. The van der Waals surface area contributed by atoms with Gasteiger partial charge in [-0.05, 0) is 25.5 Å². The summed E-state index contributed by atoms with van der Waals surface area (Å²) in [5, 5.41) is 3.57. The lowest BCUT2D eigenvalue weighted by Crippen LogP contribution is -1.94. The second kappa shape index (κ2) is 4.16. The third-order valence-electron chi connectivity index (χ3n) is 2.08. The zero-order valence-electron chi connectivity index (χ0n) is 8.41. The van der Waals surface area contributed by atoms with E-state index in [2.05, 4.69) is 27.1 Å². The van der Waals surface area contributed by atoms with Crippen molar-refractivity contribution in [3.8, 4) is 0 Å². The van der Waals surface area contributed by atoms with Crippen LogP contribution in [0.1, 0.15) is 11.1 Å². The number of nitrogens with zero attached hydrogens (tertiary/aromatic N) is 2. The molecule has 3 nitrogen and oxygen atoms in total. The summed E-state index contributed by atoms with van der Waals surface area (Å²) in [5.74, 6) is 0.619. The number of benzene rings is 1. The Bertz CT molecular complexity index is 481. The minimum absolute atomic E-state index is 0.417. The van der Waals surface area contributed by atoms with E-state index in [1.807, 2.05) is 19.1 Å². The highest BCUT2D eigenvalue weighted by molar-refractivity contribution is 6.99. The molecule has 1 aromatic heterocycles. The van der Waals surface area contributed by atoms with Gasteiger partial charge in [-0.1, -0.05) is 29.3 Å². The molecule has 0 saturated heterocycles. The van der Waals surface area contributed by atoms with E-state index >= 15 is 0 Å². The molecule has 2 rings (SSSR count). The molecule has 5 heteroatoms. The van der Waals surface area contributed by atoms with Gasteiger partial charge in [0.25, 0.3) is 0 Å². The quantitative estimate of drug-likeness (QED) is 0.871. The summed E-state index contributed by atoms with van der Waals surface area (Å²) in [6.45, 7) is 4.11. The van der Waals surface area contributed by atoms with Crippen LogP contribution in [0.4, 0.5) is 11.5 Å². The summed E-state index contributed by atoms with van der Waals surface area (Å²) >= 11 is 6.95. The van der Waals surface area contributed by atoms with Crippen molar-refractivity contribution in [2.24, 2.45) is 0 Å². The van der Waals surface area contributed by atoms with E-state index in [1.54, 1.807) is 0 Å². The maximum absolute atomic E-state index is 5.85. The van der Waals surface area contributed by atoms with E-state index in [-0.39, 0.29) is 0 Å². The smallest absolute Gasteiger partial charge is 0.187 e. The Morgan fingerprint density at radius 1 is 1.27 bits per heavy atom. The van der Waals surface area contributed by atoms with Crippen LogP contribution in [-0.4, -0.2) is 8.75 Å². The van der Waals surface area contributed by atoms with E-state index in [0.29, 0.717) is 11.0 Å². The molecule has 0 spiro atoms. The molecule has 1 aromatic carbocycles. The molecule has 0 bridgehead atoms. The number of nitrogens with one attached hydrogen (secondary N) is 1. The fourth-order valence-corrected chi connectivity index (χ4v) is 1.98. The van der Waals surface area contributed by atoms with E-state index < -0.39 is 0 Å². The minimum atomic E-state index is 0.417. The third kappa shape index (κ3) is 2.27. The van der Waals surface area contributed by atoms with E-state index in [4.69, 9.17) is 11.6 Å². The highest BCUT2D eigenvalue weighted by Crippen LogP contribution is 2.25. The number of hydrogen-bond donors (Lipinski definition) is 1. The summed E-state index contributed by atoms with van der Waals surface area (Å²) < 4.78 is 7.96. The van der Waals surface area contributed by atoms with Crippen LogP contribution < -0.4 is 5.32 Å². The Hall–Kier alpha value is -1.13. The van der Waals surface area contributed by atoms with Crippen LogP contribution in [0.3, 0.4) is 0 Å². The van der Waals surface area contributed by atoms with Gasteiger partial charge in [0.2, 0.25) is 0 Å². The van der Waals surface area contributed by atoms with Gasteiger partial charge in [0, 0.05) is 5.69 Å². The maximum Gasteiger partial charge on any atom is 0.187 e. The molecule has 0 fully saturated rings. The SMILES string of the molecule is Cc1ccc(Nc2nsnc2Cl)c(C)c1. The Balaban J connectivity index is 2.29. The van der Waals surface area contributed by atoms with Gasteiger partial charge in [-0.15, -0.1) is 0 Å². The zero-order valence-corrected chi connectivity index (χ0v) is 9.99. The monoisotopic (exact) mass is 239 g/mol. The summed E-state index contributed by atoms with van der Waals surface area (Å²) in [6.07, 6.45) is 0. The molecule has 0 aliphatic rings. The van der Waals surface area contributed by atoms with E-state index in [9.17, 15) is 0 Å². The van der Waals surface area contributed by atoms with E-state index in [0.717, 1.165) is 17.4 Å². The van der Waals surface area contributed by atoms with Crippen LogP contribution in [0.5, 0.6) is 0 Å². The number of hydrogen-bond acceptors (Lipinski definition) is 4. The molecule has 0 atom stereocenters. The number of aryl methyl sites for hydroxylation is 2. The fourth-order valence-electron chi connectivity index (χ4n) is 1.33. The first kappa shape index (κ1) is 10.4. The first-order valence-corrected chi connectivity index (χ1v) is 5.60. The van der Waals surface area contributed by atoms with Crippen molar-refractivity contribution in [2.45, 2.75) is 13.8 Å². The molecule has 0 unspecified atom stereocenters. The topological polar surface area (TPSA) is 37.8 Å². The lowest BCUT2D eigenvalue weighted by Gasteiger charge is -2.07. The van der Waals surface area contributed by atoms with Crippen LogP contribution in [0.15, 0.2) is 18.2 Å². The second-order valence-electron chi connectivity index (χ2n) is 3.35. The molecule has 78 valence electrons. The van der Waals surface area contributed by atoms with Gasteiger partial charge in [0.05, 0.1) is 11.7 Å². The van der Waals surface area contributed by atoms with Crippen LogP contribution >= 0.6 is 23.3 Å². The fraction of sp³-hybridized carbons (Fsp3) is 0.200. The third-order valence-corrected chi connectivity index (χ3v) is 2.98. The Morgan fingerprint density at radius 2 is 2.07 bits per heavy atom. The molecule has 0 amide bonds. The largest absolute Gasteiger partial charge is 0.337 e. The molecular weight excluding hydrogens is 230 g/mol. The molecule has 0 aliphatic heterocycles. The second-order valence-corrected chi connectivity index (χ2v) is 4.23. The Kier molecular flexibility index (Phi) is 2.88. The molecule has 0 aliphatic carbocycles. The zero-order chi connectivity index (χ0) is 10.8. The normalized spacial score (nSPS) is 10.3. The summed E-state index contributed by atoms with van der Waals surface area (Å²) in [7, 11) is 0. The molecule has 0 radical (unpaired) electrons. The standard InChI is InChI=1S/C10H10ClN3S/c1-6-3-4-8(7(2)5-6)12-10-9(11)13-15-14-10/h3-5H,1-2H3,(H,12,14). The van der Waals surface area contributed by atoms with Crippen molar-refractivity contribution < 1.29 is 0 Å². The lowest BCUT2D eigenvalue weighted by atomic mass is 10.1. The first-order chi connectivity index (χ1) is 7.16. The predicted octanol–water partition coefficient (Wildman–Crippen LogP) is 3.55. The lowest BCUT2D eigenvalue weighted by molar-refractivity contribution is 1.35. The maximum atomic E-state index is 5.85. The van der Waals surface area contributed by atoms with Gasteiger partial charge in [-0.3, -0.25) is 0 Å². The Morgan fingerprint density at radius 3 is 2.67 bits per heavy atom. The van der Waals surface area contributed by atoms with Gasteiger partial charge in [-0.25, -0.2) is 0 Å². The van der Waals surface area contributed by atoms with E-state index in [1.165, 1.54) is 11.1 Å². The number of rotatable bonds is 2. The van der Waals surface area contributed by atoms with Gasteiger partial charge in [0.15, 0.2) is 11.0 Å². The van der Waals surface area contributed by atoms with Gasteiger partial charge in [-0.2, -0.15) is 8.75 Å². The Labute approximate surface area is 97.4 Å². The number of aromatic nitrogens is 2.